The molecule has 0 bridgehead atoms. The molecule has 0 aliphatic heterocycles. The third-order valence-corrected chi connectivity index (χ3v) is 10.4. The zero-order valence-electron chi connectivity index (χ0n) is 36.3. The molecule has 0 saturated carbocycles. The van der Waals surface area contributed by atoms with E-state index in [4.69, 9.17) is 23.6 Å². The quantitative estimate of drug-likeness (QED) is 0.0238. The second kappa shape index (κ2) is 43.7. The van der Waals surface area contributed by atoms with Crippen LogP contribution in [0.2, 0.25) is 0 Å². The van der Waals surface area contributed by atoms with Gasteiger partial charge in [-0.2, -0.15) is 0 Å². The van der Waals surface area contributed by atoms with Gasteiger partial charge in [0.2, 0.25) is 0 Å². The maximum atomic E-state index is 12.6. The molecule has 9 nitrogen and oxygen atoms in total. The van der Waals surface area contributed by atoms with Crippen molar-refractivity contribution in [3.63, 3.8) is 0 Å². The highest BCUT2D eigenvalue weighted by Crippen LogP contribution is 2.43. The molecule has 0 fully saturated rings. The minimum Gasteiger partial charge on any atom is -0.457 e. The molecule has 0 aliphatic carbocycles. The zero-order chi connectivity index (χ0) is 41.8. The zero-order valence-corrected chi connectivity index (χ0v) is 37.2. The second-order valence-electron chi connectivity index (χ2n) is 15.0. The molecule has 0 aromatic rings. The number of aliphatic hydroxyl groups is 2. The standard InChI is InChI=1S/C47H85O9P/c1-3-5-7-9-11-13-15-17-19-21-23-25-27-29-31-33-35-37-39-47(50)56-46(44-55-57(51,52)54-42-45(49)41-48)43-53-40-38-36-34-32-30-28-26-24-22-20-18-16-14-12-10-8-6-4-2/h6,8,12,14,18,20,24,26,30,32,45-46,48-49H,3-5,7,9-11,13,15-17,19,21-23,25,27-29,31,33-44H2,1-2H3,(H,51,52)/b8-6-,14-12-,20-18-,26-24-,32-30-. The Morgan fingerprint density at radius 2 is 1.00 bits per heavy atom. The summed E-state index contributed by atoms with van der Waals surface area (Å²) in [4.78, 5) is 22.6. The summed E-state index contributed by atoms with van der Waals surface area (Å²) in [7, 11) is -4.53. The Labute approximate surface area is 349 Å². The first-order valence-corrected chi connectivity index (χ1v) is 24.3. The summed E-state index contributed by atoms with van der Waals surface area (Å²) in [5, 5.41) is 18.4. The second-order valence-corrected chi connectivity index (χ2v) is 16.5. The number of carbonyl (C=O) groups excluding carboxylic acids is 1. The van der Waals surface area contributed by atoms with Crippen LogP contribution >= 0.6 is 7.82 Å². The van der Waals surface area contributed by atoms with E-state index >= 15 is 0 Å². The minimum absolute atomic E-state index is 0.0196. The number of unbranched alkanes of at least 4 members (excludes halogenated alkanes) is 19. The molecule has 0 rings (SSSR count). The summed E-state index contributed by atoms with van der Waals surface area (Å²) in [6, 6.07) is 0. The van der Waals surface area contributed by atoms with Crippen LogP contribution in [0, 0.1) is 0 Å². The van der Waals surface area contributed by atoms with Crippen molar-refractivity contribution in [2.45, 2.75) is 199 Å². The first kappa shape index (κ1) is 55.2. The lowest BCUT2D eigenvalue weighted by molar-refractivity contribution is -0.154. The van der Waals surface area contributed by atoms with Gasteiger partial charge >= 0.3 is 13.8 Å². The number of hydrogen-bond acceptors (Lipinski definition) is 8. The normalized spacial score (nSPS) is 14.5. The van der Waals surface area contributed by atoms with Crippen molar-refractivity contribution in [3.05, 3.63) is 60.8 Å². The molecule has 10 heteroatoms. The predicted molar refractivity (Wildman–Crippen MR) is 237 cm³/mol. The van der Waals surface area contributed by atoms with E-state index < -0.39 is 45.8 Å². The van der Waals surface area contributed by atoms with Crippen molar-refractivity contribution in [2.24, 2.45) is 0 Å². The van der Waals surface area contributed by atoms with Crippen LogP contribution in [0.15, 0.2) is 60.8 Å². The smallest absolute Gasteiger partial charge is 0.457 e. The van der Waals surface area contributed by atoms with Crippen molar-refractivity contribution in [2.75, 3.05) is 33.0 Å². The summed E-state index contributed by atoms with van der Waals surface area (Å²) in [5.74, 6) is -0.397. The topological polar surface area (TPSA) is 132 Å². The van der Waals surface area contributed by atoms with Gasteiger partial charge in [0.1, 0.15) is 12.2 Å². The van der Waals surface area contributed by atoms with E-state index in [0.717, 1.165) is 70.6 Å². The van der Waals surface area contributed by atoms with Crippen LogP contribution in [0.3, 0.4) is 0 Å². The third-order valence-electron chi connectivity index (χ3n) is 9.47. The van der Waals surface area contributed by atoms with E-state index in [9.17, 15) is 19.4 Å². The van der Waals surface area contributed by atoms with E-state index in [1.54, 1.807) is 0 Å². The fourth-order valence-electron chi connectivity index (χ4n) is 6.03. The van der Waals surface area contributed by atoms with Crippen molar-refractivity contribution in [3.8, 4) is 0 Å². The largest absolute Gasteiger partial charge is 0.472 e. The number of esters is 1. The number of phosphoric acid groups is 1. The fraction of sp³-hybridized carbons (Fsp3) is 0.766. The predicted octanol–water partition coefficient (Wildman–Crippen LogP) is 12.8. The average Bonchev–Trinajstić information content (AvgIpc) is 3.20. The number of aliphatic hydroxyl groups excluding tert-OH is 2. The van der Waals surface area contributed by atoms with Gasteiger partial charge in [0.25, 0.3) is 0 Å². The Kier molecular flexibility index (Phi) is 42.3. The van der Waals surface area contributed by atoms with Gasteiger partial charge in [0.15, 0.2) is 0 Å². The van der Waals surface area contributed by atoms with Gasteiger partial charge in [-0.05, 0) is 57.8 Å². The molecule has 0 spiro atoms. The molecule has 0 radical (unpaired) electrons. The first-order chi connectivity index (χ1) is 27.8. The SMILES string of the molecule is CC/C=C\C/C=C\C/C=C\C/C=C\C/C=C\CCCCOCC(COP(=O)(O)OCC(O)CO)OC(=O)CCCCCCCCCCCCCCCCCCCC. The number of ether oxygens (including phenoxy) is 2. The van der Waals surface area contributed by atoms with Crippen LogP contribution < -0.4 is 0 Å². The van der Waals surface area contributed by atoms with Gasteiger partial charge in [-0.1, -0.05) is 184 Å². The lowest BCUT2D eigenvalue weighted by Gasteiger charge is -2.20. The molecule has 0 aromatic heterocycles. The Morgan fingerprint density at radius 1 is 0.561 bits per heavy atom. The van der Waals surface area contributed by atoms with Gasteiger partial charge < -0.3 is 24.6 Å². The van der Waals surface area contributed by atoms with E-state index in [1.807, 2.05) is 0 Å². The third kappa shape index (κ3) is 43.6. The highest BCUT2D eigenvalue weighted by Gasteiger charge is 2.26. The van der Waals surface area contributed by atoms with Crippen LogP contribution in [0.25, 0.3) is 0 Å². The first-order valence-electron chi connectivity index (χ1n) is 22.8. The maximum absolute atomic E-state index is 12.6. The molecule has 3 N–H and O–H groups in total. The summed E-state index contributed by atoms with van der Waals surface area (Å²) in [6.45, 7) is 3.30. The Morgan fingerprint density at radius 3 is 1.47 bits per heavy atom. The number of allylic oxidation sites excluding steroid dienone is 10. The number of rotatable bonds is 43. The molecule has 3 unspecified atom stereocenters. The highest BCUT2D eigenvalue weighted by molar-refractivity contribution is 7.47. The molecular weight excluding hydrogens is 739 g/mol. The van der Waals surface area contributed by atoms with E-state index in [0.29, 0.717) is 6.61 Å². The van der Waals surface area contributed by atoms with Crippen LogP contribution in [0.1, 0.15) is 187 Å². The summed E-state index contributed by atoms with van der Waals surface area (Å²) >= 11 is 0. The van der Waals surface area contributed by atoms with Crippen LogP contribution in [-0.4, -0.2) is 66.3 Å². The molecule has 0 heterocycles. The molecule has 0 aromatic carbocycles. The van der Waals surface area contributed by atoms with Gasteiger partial charge in [0.05, 0.1) is 26.4 Å². The highest BCUT2D eigenvalue weighted by atomic mass is 31.2. The molecular formula is C47H85O9P. The summed E-state index contributed by atoms with van der Waals surface area (Å²) < 4.78 is 33.4. The number of phosphoric ester groups is 1. The summed E-state index contributed by atoms with van der Waals surface area (Å²) in [6.07, 6.45) is 50.4. The summed E-state index contributed by atoms with van der Waals surface area (Å²) in [5.41, 5.74) is 0. The lowest BCUT2D eigenvalue weighted by atomic mass is 10.0. The average molecular weight is 825 g/mol. The van der Waals surface area contributed by atoms with Gasteiger partial charge in [-0.25, -0.2) is 4.57 Å². The lowest BCUT2D eigenvalue weighted by Crippen LogP contribution is -2.29. The maximum Gasteiger partial charge on any atom is 0.472 e. The van der Waals surface area contributed by atoms with E-state index in [-0.39, 0.29) is 13.0 Å². The van der Waals surface area contributed by atoms with Gasteiger partial charge in [-0.3, -0.25) is 13.8 Å². The minimum atomic E-state index is -4.53. The Hall–Kier alpha value is -1.84. The van der Waals surface area contributed by atoms with Crippen LogP contribution in [-0.2, 0) is 27.9 Å². The number of carbonyl (C=O) groups is 1. The molecule has 57 heavy (non-hydrogen) atoms. The molecule has 0 aliphatic rings. The van der Waals surface area contributed by atoms with Crippen molar-refractivity contribution in [1.29, 1.82) is 0 Å². The Bertz CT molecular complexity index is 1070. The molecule has 0 saturated heterocycles. The monoisotopic (exact) mass is 825 g/mol. The van der Waals surface area contributed by atoms with Crippen molar-refractivity contribution < 1.29 is 43.0 Å². The Balaban J connectivity index is 4.22. The van der Waals surface area contributed by atoms with Crippen molar-refractivity contribution >= 4 is 13.8 Å². The van der Waals surface area contributed by atoms with Crippen molar-refractivity contribution in [1.82, 2.24) is 0 Å². The van der Waals surface area contributed by atoms with Gasteiger partial charge in [0, 0.05) is 13.0 Å². The van der Waals surface area contributed by atoms with Gasteiger partial charge in [-0.15, -0.1) is 0 Å². The van der Waals surface area contributed by atoms with E-state index in [2.05, 4.69) is 74.6 Å². The van der Waals surface area contributed by atoms with Crippen LogP contribution in [0.5, 0.6) is 0 Å². The van der Waals surface area contributed by atoms with Crippen LogP contribution in [0.4, 0.5) is 0 Å². The molecule has 3 atom stereocenters. The molecule has 332 valence electrons. The molecule has 0 amide bonds. The number of hydrogen-bond donors (Lipinski definition) is 3. The fourth-order valence-corrected chi connectivity index (χ4v) is 6.82. The van der Waals surface area contributed by atoms with E-state index in [1.165, 1.54) is 96.3 Å².